The molecule has 20 heavy (non-hydrogen) atoms. The first-order chi connectivity index (χ1) is 9.83. The molecule has 0 bridgehead atoms. The molecule has 4 heteroatoms. The van der Waals surface area contributed by atoms with Crippen molar-refractivity contribution in [3.63, 3.8) is 0 Å². The van der Waals surface area contributed by atoms with Gasteiger partial charge in [0.05, 0.1) is 12.1 Å². The van der Waals surface area contributed by atoms with Crippen molar-refractivity contribution in [2.75, 3.05) is 13.2 Å². The van der Waals surface area contributed by atoms with Crippen LogP contribution >= 0.6 is 0 Å². The fourth-order valence-electron chi connectivity index (χ4n) is 4.04. The van der Waals surface area contributed by atoms with Gasteiger partial charge in [-0.1, -0.05) is 12.8 Å². The highest BCUT2D eigenvalue weighted by atomic mass is 16.5. The van der Waals surface area contributed by atoms with Crippen molar-refractivity contribution in [3.8, 4) is 0 Å². The molecule has 3 fully saturated rings. The van der Waals surface area contributed by atoms with E-state index >= 15 is 0 Å². The first-order valence-electron chi connectivity index (χ1n) is 8.48. The molecule has 114 valence electrons. The Labute approximate surface area is 122 Å². The van der Waals surface area contributed by atoms with Gasteiger partial charge in [0.1, 0.15) is 0 Å². The topological polar surface area (TPSA) is 50.4 Å². The molecule has 4 atom stereocenters. The zero-order chi connectivity index (χ0) is 13.8. The first kappa shape index (κ1) is 14.3. The summed E-state index contributed by atoms with van der Waals surface area (Å²) in [6.45, 7) is 1.66. The monoisotopic (exact) mass is 280 g/mol. The molecule has 2 heterocycles. The third-order valence-electron chi connectivity index (χ3n) is 5.22. The molecule has 0 spiro atoms. The molecule has 3 rings (SSSR count). The van der Waals surface area contributed by atoms with Gasteiger partial charge >= 0.3 is 0 Å². The molecule has 2 saturated heterocycles. The Hall–Kier alpha value is -0.610. The van der Waals surface area contributed by atoms with E-state index in [1.165, 1.54) is 38.5 Å². The van der Waals surface area contributed by atoms with Crippen LogP contribution in [-0.2, 0) is 9.53 Å². The van der Waals surface area contributed by atoms with Crippen LogP contribution in [0.1, 0.15) is 57.8 Å². The minimum atomic E-state index is 0.0513. The van der Waals surface area contributed by atoms with Crippen LogP contribution in [0.5, 0.6) is 0 Å². The Morgan fingerprint density at radius 1 is 1.15 bits per heavy atom. The van der Waals surface area contributed by atoms with Crippen LogP contribution in [0.25, 0.3) is 0 Å². The number of rotatable bonds is 4. The van der Waals surface area contributed by atoms with Crippen molar-refractivity contribution in [2.24, 2.45) is 5.92 Å². The van der Waals surface area contributed by atoms with Crippen LogP contribution in [0, 0.1) is 5.92 Å². The van der Waals surface area contributed by atoms with E-state index in [0.29, 0.717) is 12.1 Å². The average Bonchev–Trinajstić information content (AvgIpc) is 2.92. The zero-order valence-electron chi connectivity index (χ0n) is 12.4. The zero-order valence-corrected chi connectivity index (χ0v) is 12.4. The Bertz CT molecular complexity index is 314. The van der Waals surface area contributed by atoms with Crippen molar-refractivity contribution in [1.29, 1.82) is 0 Å². The summed E-state index contributed by atoms with van der Waals surface area (Å²) in [6, 6.07) is 0.650. The van der Waals surface area contributed by atoms with Gasteiger partial charge in [0.2, 0.25) is 5.91 Å². The van der Waals surface area contributed by atoms with Gasteiger partial charge in [-0.2, -0.15) is 0 Å². The van der Waals surface area contributed by atoms with E-state index in [9.17, 15) is 4.79 Å². The lowest BCUT2D eigenvalue weighted by Crippen LogP contribution is -2.44. The molecule has 4 unspecified atom stereocenters. The van der Waals surface area contributed by atoms with Crippen LogP contribution in [0.3, 0.4) is 0 Å². The summed E-state index contributed by atoms with van der Waals surface area (Å²) in [5.74, 6) is 0.941. The lowest BCUT2D eigenvalue weighted by Gasteiger charge is -2.24. The summed E-state index contributed by atoms with van der Waals surface area (Å²) in [5, 5.41) is 6.64. The van der Waals surface area contributed by atoms with Crippen molar-refractivity contribution in [1.82, 2.24) is 10.6 Å². The van der Waals surface area contributed by atoms with Gasteiger partial charge in [-0.05, 0) is 50.9 Å². The Morgan fingerprint density at radius 3 is 2.80 bits per heavy atom. The molecular formula is C16H28N2O2. The SMILES string of the molecule is O=C(NCCC1CCCCO1)C1CC2CCCCC2N1. The fourth-order valence-corrected chi connectivity index (χ4v) is 4.04. The van der Waals surface area contributed by atoms with Crippen molar-refractivity contribution in [3.05, 3.63) is 0 Å². The molecule has 0 aromatic rings. The molecule has 1 saturated carbocycles. The Morgan fingerprint density at radius 2 is 2.00 bits per heavy atom. The third-order valence-corrected chi connectivity index (χ3v) is 5.22. The highest BCUT2D eigenvalue weighted by Crippen LogP contribution is 2.33. The number of fused-ring (bicyclic) bond motifs is 1. The van der Waals surface area contributed by atoms with Crippen LogP contribution < -0.4 is 10.6 Å². The minimum Gasteiger partial charge on any atom is -0.378 e. The number of nitrogens with one attached hydrogen (secondary N) is 2. The number of hydrogen-bond acceptors (Lipinski definition) is 3. The van der Waals surface area contributed by atoms with E-state index in [2.05, 4.69) is 10.6 Å². The van der Waals surface area contributed by atoms with E-state index in [1.807, 2.05) is 0 Å². The fraction of sp³-hybridized carbons (Fsp3) is 0.938. The maximum Gasteiger partial charge on any atom is 0.237 e. The van der Waals surface area contributed by atoms with E-state index in [-0.39, 0.29) is 11.9 Å². The molecule has 0 aromatic heterocycles. The molecule has 3 aliphatic rings. The largest absolute Gasteiger partial charge is 0.378 e. The van der Waals surface area contributed by atoms with Crippen molar-refractivity contribution >= 4 is 5.91 Å². The quantitative estimate of drug-likeness (QED) is 0.828. The highest BCUT2D eigenvalue weighted by Gasteiger charge is 2.37. The minimum absolute atomic E-state index is 0.0513. The number of amides is 1. The molecule has 2 N–H and O–H groups in total. The number of ether oxygens (including phenoxy) is 1. The summed E-state index contributed by atoms with van der Waals surface area (Å²) < 4.78 is 5.70. The summed E-state index contributed by atoms with van der Waals surface area (Å²) in [5.41, 5.74) is 0. The summed E-state index contributed by atoms with van der Waals surface area (Å²) in [4.78, 5) is 12.2. The van der Waals surface area contributed by atoms with E-state index in [0.717, 1.165) is 38.3 Å². The molecule has 4 nitrogen and oxygen atoms in total. The van der Waals surface area contributed by atoms with Gasteiger partial charge in [-0.3, -0.25) is 4.79 Å². The van der Waals surface area contributed by atoms with Crippen LogP contribution in [0.15, 0.2) is 0 Å². The molecular weight excluding hydrogens is 252 g/mol. The maximum atomic E-state index is 12.2. The summed E-state index contributed by atoms with van der Waals surface area (Å²) in [6.07, 6.45) is 11.2. The van der Waals surface area contributed by atoms with Crippen LogP contribution in [0.4, 0.5) is 0 Å². The predicted octanol–water partition coefficient (Wildman–Crippen LogP) is 1.98. The van der Waals surface area contributed by atoms with Crippen LogP contribution in [-0.4, -0.2) is 37.2 Å². The first-order valence-corrected chi connectivity index (χ1v) is 8.48. The van der Waals surface area contributed by atoms with E-state index in [1.54, 1.807) is 0 Å². The van der Waals surface area contributed by atoms with Gasteiger partial charge in [0, 0.05) is 19.2 Å². The van der Waals surface area contributed by atoms with Crippen molar-refractivity contribution in [2.45, 2.75) is 76.0 Å². The third kappa shape index (κ3) is 3.53. The van der Waals surface area contributed by atoms with E-state index in [4.69, 9.17) is 4.74 Å². The smallest absolute Gasteiger partial charge is 0.237 e. The van der Waals surface area contributed by atoms with Gasteiger partial charge < -0.3 is 15.4 Å². The Kier molecular flexibility index (Phi) is 4.94. The summed E-state index contributed by atoms with van der Waals surface area (Å²) >= 11 is 0. The second-order valence-electron chi connectivity index (χ2n) is 6.67. The normalized spacial score (nSPS) is 37.4. The van der Waals surface area contributed by atoms with Gasteiger partial charge in [-0.25, -0.2) is 0 Å². The predicted molar refractivity (Wildman–Crippen MR) is 78.5 cm³/mol. The van der Waals surface area contributed by atoms with Crippen LogP contribution in [0.2, 0.25) is 0 Å². The van der Waals surface area contributed by atoms with Gasteiger partial charge in [0.25, 0.3) is 0 Å². The highest BCUT2D eigenvalue weighted by molar-refractivity contribution is 5.82. The standard InChI is InChI=1S/C16H28N2O2/c19-16(17-9-8-13-6-3-4-10-20-13)15-11-12-5-1-2-7-14(12)18-15/h12-15,18H,1-11H2,(H,17,19). The molecule has 2 aliphatic heterocycles. The van der Waals surface area contributed by atoms with Gasteiger partial charge in [-0.15, -0.1) is 0 Å². The number of hydrogen-bond donors (Lipinski definition) is 2. The molecule has 1 amide bonds. The average molecular weight is 280 g/mol. The lowest BCUT2D eigenvalue weighted by atomic mass is 9.85. The molecule has 1 aliphatic carbocycles. The number of carbonyl (C=O) groups is 1. The second kappa shape index (κ2) is 6.90. The maximum absolute atomic E-state index is 12.2. The Balaban J connectivity index is 1.36. The van der Waals surface area contributed by atoms with Gasteiger partial charge in [0.15, 0.2) is 0 Å². The van der Waals surface area contributed by atoms with E-state index < -0.39 is 0 Å². The molecule has 0 radical (unpaired) electrons. The van der Waals surface area contributed by atoms with Crippen molar-refractivity contribution < 1.29 is 9.53 Å². The second-order valence-corrected chi connectivity index (χ2v) is 6.67. The number of carbonyl (C=O) groups excluding carboxylic acids is 1. The lowest BCUT2D eigenvalue weighted by molar-refractivity contribution is -0.123. The molecule has 0 aromatic carbocycles. The summed E-state index contributed by atoms with van der Waals surface area (Å²) in [7, 11) is 0.